The van der Waals surface area contributed by atoms with Crippen molar-refractivity contribution in [2.75, 3.05) is 13.1 Å². The highest BCUT2D eigenvalue weighted by molar-refractivity contribution is 6.31. The van der Waals surface area contributed by atoms with Crippen molar-refractivity contribution in [3.05, 3.63) is 34.9 Å². The molecule has 1 aromatic rings. The summed E-state index contributed by atoms with van der Waals surface area (Å²) in [6.07, 6.45) is 2.20. The predicted octanol–water partition coefficient (Wildman–Crippen LogP) is 2.17. The topological polar surface area (TPSA) is 38.0 Å². The highest BCUT2D eigenvalue weighted by Gasteiger charge is 1.96. The molecular weight excluding hydrogens is 196 g/mol. The first-order valence-electron chi connectivity index (χ1n) is 4.99. The van der Waals surface area contributed by atoms with Crippen LogP contribution in [0.4, 0.5) is 0 Å². The van der Waals surface area contributed by atoms with Crippen LogP contribution in [0.3, 0.4) is 0 Å². The van der Waals surface area contributed by atoms with Gasteiger partial charge in [0.2, 0.25) is 0 Å². The second kappa shape index (κ2) is 6.82. The predicted molar refractivity (Wildman–Crippen MR) is 61.4 cm³/mol. The number of nitrogens with one attached hydrogen (secondary N) is 1. The molecule has 0 spiro atoms. The number of hydrogen-bond donors (Lipinski definition) is 2. The minimum atomic E-state index is 0.772. The van der Waals surface area contributed by atoms with E-state index in [0.29, 0.717) is 0 Å². The van der Waals surface area contributed by atoms with Gasteiger partial charge in [0.05, 0.1) is 0 Å². The van der Waals surface area contributed by atoms with Gasteiger partial charge in [0.15, 0.2) is 0 Å². The lowest BCUT2D eigenvalue weighted by Crippen LogP contribution is -2.16. The Bertz CT molecular complexity index is 263. The highest BCUT2D eigenvalue weighted by Crippen LogP contribution is 2.14. The molecule has 3 N–H and O–H groups in total. The molecule has 0 saturated carbocycles. The summed E-state index contributed by atoms with van der Waals surface area (Å²) in [6.45, 7) is 2.61. The van der Waals surface area contributed by atoms with Crippen molar-refractivity contribution in [2.45, 2.75) is 19.4 Å². The third-order valence-electron chi connectivity index (χ3n) is 2.08. The third-order valence-corrected chi connectivity index (χ3v) is 2.45. The standard InChI is InChI=1S/C11H17ClN2/c12-11-6-2-1-5-10(11)9-14-8-4-3-7-13/h1-2,5-6,14H,3-4,7-9,13H2. The van der Waals surface area contributed by atoms with Crippen LogP contribution in [0.15, 0.2) is 24.3 Å². The fourth-order valence-electron chi connectivity index (χ4n) is 1.26. The van der Waals surface area contributed by atoms with Crippen LogP contribution in [-0.4, -0.2) is 13.1 Å². The Morgan fingerprint density at radius 3 is 2.71 bits per heavy atom. The van der Waals surface area contributed by atoms with Gasteiger partial charge >= 0.3 is 0 Å². The zero-order chi connectivity index (χ0) is 10.2. The van der Waals surface area contributed by atoms with E-state index in [4.69, 9.17) is 17.3 Å². The van der Waals surface area contributed by atoms with Gasteiger partial charge in [0.1, 0.15) is 0 Å². The number of halogens is 1. The molecule has 1 rings (SSSR count). The molecule has 0 fully saturated rings. The van der Waals surface area contributed by atoms with Crippen LogP contribution < -0.4 is 11.1 Å². The maximum atomic E-state index is 6.00. The molecule has 0 bridgehead atoms. The Morgan fingerprint density at radius 2 is 2.00 bits per heavy atom. The maximum Gasteiger partial charge on any atom is 0.0450 e. The first-order valence-corrected chi connectivity index (χ1v) is 5.36. The van der Waals surface area contributed by atoms with E-state index >= 15 is 0 Å². The molecule has 0 aliphatic rings. The van der Waals surface area contributed by atoms with Crippen LogP contribution in [0.25, 0.3) is 0 Å². The SMILES string of the molecule is NCCCCNCc1ccccc1Cl. The lowest BCUT2D eigenvalue weighted by Gasteiger charge is -2.05. The second-order valence-corrected chi connectivity index (χ2v) is 3.67. The second-order valence-electron chi connectivity index (χ2n) is 3.26. The Morgan fingerprint density at radius 1 is 1.21 bits per heavy atom. The van der Waals surface area contributed by atoms with Gasteiger partial charge in [-0.15, -0.1) is 0 Å². The van der Waals surface area contributed by atoms with Crippen molar-refractivity contribution in [1.29, 1.82) is 0 Å². The van der Waals surface area contributed by atoms with Gasteiger partial charge in [-0.05, 0) is 37.6 Å². The Labute approximate surface area is 90.4 Å². The minimum absolute atomic E-state index is 0.772. The summed E-state index contributed by atoms with van der Waals surface area (Å²) in [7, 11) is 0. The van der Waals surface area contributed by atoms with E-state index < -0.39 is 0 Å². The first kappa shape index (κ1) is 11.5. The molecule has 0 saturated heterocycles. The molecule has 78 valence electrons. The molecular formula is C11H17ClN2. The quantitative estimate of drug-likeness (QED) is 0.710. The van der Waals surface area contributed by atoms with Crippen LogP contribution in [-0.2, 0) is 6.54 Å². The summed E-state index contributed by atoms with van der Waals surface area (Å²) < 4.78 is 0. The fraction of sp³-hybridized carbons (Fsp3) is 0.455. The van der Waals surface area contributed by atoms with E-state index in [9.17, 15) is 0 Å². The van der Waals surface area contributed by atoms with E-state index in [1.54, 1.807) is 0 Å². The fourth-order valence-corrected chi connectivity index (χ4v) is 1.46. The number of benzene rings is 1. The van der Waals surface area contributed by atoms with Gasteiger partial charge in [-0.25, -0.2) is 0 Å². The summed E-state index contributed by atoms with van der Waals surface area (Å²) in [5, 5.41) is 4.17. The zero-order valence-electron chi connectivity index (χ0n) is 8.30. The average Bonchev–Trinajstić information content (AvgIpc) is 2.20. The molecule has 0 aliphatic carbocycles. The van der Waals surface area contributed by atoms with Gasteiger partial charge in [0, 0.05) is 11.6 Å². The molecule has 0 heterocycles. The lowest BCUT2D eigenvalue weighted by atomic mass is 10.2. The molecule has 0 aromatic heterocycles. The minimum Gasteiger partial charge on any atom is -0.330 e. The molecule has 2 nitrogen and oxygen atoms in total. The van der Waals surface area contributed by atoms with E-state index in [0.717, 1.165) is 43.1 Å². The summed E-state index contributed by atoms with van der Waals surface area (Å²) in [6, 6.07) is 7.90. The van der Waals surface area contributed by atoms with Crippen LogP contribution in [0, 0.1) is 0 Å². The van der Waals surface area contributed by atoms with Crippen molar-refractivity contribution in [2.24, 2.45) is 5.73 Å². The van der Waals surface area contributed by atoms with Gasteiger partial charge in [0.25, 0.3) is 0 Å². The molecule has 14 heavy (non-hydrogen) atoms. The van der Waals surface area contributed by atoms with Gasteiger partial charge in [-0.3, -0.25) is 0 Å². The largest absolute Gasteiger partial charge is 0.330 e. The van der Waals surface area contributed by atoms with Crippen molar-refractivity contribution in [3.8, 4) is 0 Å². The molecule has 0 radical (unpaired) electrons. The normalized spacial score (nSPS) is 10.4. The van der Waals surface area contributed by atoms with Crippen molar-refractivity contribution >= 4 is 11.6 Å². The van der Waals surface area contributed by atoms with Gasteiger partial charge in [-0.1, -0.05) is 29.8 Å². The molecule has 1 aromatic carbocycles. The van der Waals surface area contributed by atoms with Gasteiger partial charge in [-0.2, -0.15) is 0 Å². The van der Waals surface area contributed by atoms with E-state index in [1.165, 1.54) is 0 Å². The summed E-state index contributed by atoms with van der Waals surface area (Å²) in [4.78, 5) is 0. The van der Waals surface area contributed by atoms with E-state index in [-0.39, 0.29) is 0 Å². The summed E-state index contributed by atoms with van der Waals surface area (Å²) in [5.74, 6) is 0. The van der Waals surface area contributed by atoms with E-state index in [2.05, 4.69) is 5.32 Å². The molecule has 0 aliphatic heterocycles. The molecule has 3 heteroatoms. The Kier molecular flexibility index (Phi) is 5.60. The van der Waals surface area contributed by atoms with E-state index in [1.807, 2.05) is 24.3 Å². The molecule has 0 amide bonds. The maximum absolute atomic E-state index is 6.00. The number of hydrogen-bond acceptors (Lipinski definition) is 2. The first-order chi connectivity index (χ1) is 6.84. The molecule has 0 unspecified atom stereocenters. The van der Waals surface area contributed by atoms with Gasteiger partial charge < -0.3 is 11.1 Å². The van der Waals surface area contributed by atoms with Crippen LogP contribution in [0.5, 0.6) is 0 Å². The van der Waals surface area contributed by atoms with Crippen LogP contribution in [0.2, 0.25) is 5.02 Å². The molecule has 0 atom stereocenters. The monoisotopic (exact) mass is 212 g/mol. The third kappa shape index (κ3) is 4.09. The van der Waals surface area contributed by atoms with Crippen molar-refractivity contribution in [3.63, 3.8) is 0 Å². The van der Waals surface area contributed by atoms with Crippen LogP contribution in [0.1, 0.15) is 18.4 Å². The average molecular weight is 213 g/mol. The summed E-state index contributed by atoms with van der Waals surface area (Å²) in [5.41, 5.74) is 6.55. The van der Waals surface area contributed by atoms with Crippen LogP contribution >= 0.6 is 11.6 Å². The smallest absolute Gasteiger partial charge is 0.0450 e. The van der Waals surface area contributed by atoms with Crippen molar-refractivity contribution in [1.82, 2.24) is 5.32 Å². The number of rotatable bonds is 6. The Hall–Kier alpha value is -0.570. The Balaban J connectivity index is 2.21. The number of nitrogens with two attached hydrogens (primary N) is 1. The summed E-state index contributed by atoms with van der Waals surface area (Å²) >= 11 is 6.00. The zero-order valence-corrected chi connectivity index (χ0v) is 9.06. The highest BCUT2D eigenvalue weighted by atomic mass is 35.5. The van der Waals surface area contributed by atoms with Crippen molar-refractivity contribution < 1.29 is 0 Å². The lowest BCUT2D eigenvalue weighted by molar-refractivity contribution is 0.627. The number of unbranched alkanes of at least 4 members (excludes halogenated alkanes) is 1.